The highest BCUT2D eigenvalue weighted by Crippen LogP contribution is 2.29. The minimum atomic E-state index is -0.748. The van der Waals surface area contributed by atoms with E-state index in [0.717, 1.165) is 0 Å². The lowest BCUT2D eigenvalue weighted by Crippen LogP contribution is -2.40. The minimum absolute atomic E-state index is 0.395. The first-order valence-electron chi connectivity index (χ1n) is 5.46. The number of carbonyl (C=O) groups is 1. The van der Waals surface area contributed by atoms with Crippen LogP contribution >= 0.6 is 0 Å². The Kier molecular flexibility index (Phi) is 4.96. The fourth-order valence-corrected chi connectivity index (χ4v) is 1.30. The molecule has 6 heteroatoms. The predicted molar refractivity (Wildman–Crippen MR) is 64.7 cm³/mol. The lowest BCUT2D eigenvalue weighted by atomic mass is 10.2. The SMILES string of the molecule is CCOc1cc(C#N)ccc1OC(C)C(=O)NN. The number of hydrazine groups is 1. The molecule has 0 aliphatic carbocycles. The van der Waals surface area contributed by atoms with Gasteiger partial charge in [-0.2, -0.15) is 5.26 Å². The lowest BCUT2D eigenvalue weighted by molar-refractivity contribution is -0.127. The van der Waals surface area contributed by atoms with Gasteiger partial charge in [0.25, 0.3) is 5.91 Å². The summed E-state index contributed by atoms with van der Waals surface area (Å²) in [6.45, 7) is 3.82. The van der Waals surface area contributed by atoms with Crippen LogP contribution in [0.1, 0.15) is 19.4 Å². The van der Waals surface area contributed by atoms with Crippen LogP contribution in [0.2, 0.25) is 0 Å². The normalized spacial score (nSPS) is 11.2. The second-order valence-corrected chi connectivity index (χ2v) is 3.47. The fraction of sp³-hybridized carbons (Fsp3) is 0.333. The summed E-state index contributed by atoms with van der Waals surface area (Å²) in [5.41, 5.74) is 2.46. The van der Waals surface area contributed by atoms with Crippen molar-refractivity contribution in [2.24, 2.45) is 5.84 Å². The summed E-state index contributed by atoms with van der Waals surface area (Å²) in [5, 5.41) is 8.80. The molecule has 18 heavy (non-hydrogen) atoms. The number of nitrogens with zero attached hydrogens (tertiary/aromatic N) is 1. The Bertz CT molecular complexity index is 468. The summed E-state index contributed by atoms with van der Waals surface area (Å²) in [4.78, 5) is 11.3. The molecule has 1 amide bonds. The predicted octanol–water partition coefficient (Wildman–Crippen LogP) is 0.714. The van der Waals surface area contributed by atoms with E-state index in [1.165, 1.54) is 0 Å². The van der Waals surface area contributed by atoms with Crippen LogP contribution in [-0.4, -0.2) is 18.6 Å². The van der Waals surface area contributed by atoms with Crippen LogP contribution in [0.3, 0.4) is 0 Å². The van der Waals surface area contributed by atoms with E-state index in [2.05, 4.69) is 0 Å². The van der Waals surface area contributed by atoms with Gasteiger partial charge in [0, 0.05) is 6.07 Å². The number of nitrogens with two attached hydrogens (primary N) is 1. The maximum Gasteiger partial charge on any atom is 0.274 e. The van der Waals surface area contributed by atoms with Gasteiger partial charge < -0.3 is 9.47 Å². The van der Waals surface area contributed by atoms with Gasteiger partial charge in [0.05, 0.1) is 18.2 Å². The molecule has 0 aliphatic rings. The first kappa shape index (κ1) is 13.8. The van der Waals surface area contributed by atoms with E-state index >= 15 is 0 Å². The number of carbonyl (C=O) groups excluding carboxylic acids is 1. The third-order valence-corrected chi connectivity index (χ3v) is 2.19. The molecule has 3 N–H and O–H groups in total. The molecule has 1 aromatic rings. The highest BCUT2D eigenvalue weighted by molar-refractivity contribution is 5.80. The Labute approximate surface area is 105 Å². The molecule has 0 fully saturated rings. The zero-order chi connectivity index (χ0) is 13.5. The van der Waals surface area contributed by atoms with E-state index < -0.39 is 12.0 Å². The molecule has 0 spiro atoms. The van der Waals surface area contributed by atoms with Crippen molar-refractivity contribution in [3.05, 3.63) is 23.8 Å². The van der Waals surface area contributed by atoms with Gasteiger partial charge >= 0.3 is 0 Å². The number of hydrogen-bond donors (Lipinski definition) is 2. The summed E-state index contributed by atoms with van der Waals surface area (Å²) in [7, 11) is 0. The van der Waals surface area contributed by atoms with Crippen LogP contribution in [0.4, 0.5) is 0 Å². The first-order valence-corrected chi connectivity index (χ1v) is 5.46. The molecule has 0 saturated carbocycles. The van der Waals surface area contributed by atoms with Crippen LogP contribution in [0.15, 0.2) is 18.2 Å². The topological polar surface area (TPSA) is 97.4 Å². The second kappa shape index (κ2) is 6.47. The molecule has 0 aromatic heterocycles. The Balaban J connectivity index is 2.94. The van der Waals surface area contributed by atoms with Gasteiger partial charge in [0.15, 0.2) is 17.6 Å². The summed E-state index contributed by atoms with van der Waals surface area (Å²) in [6, 6.07) is 6.74. The van der Waals surface area contributed by atoms with Gasteiger partial charge in [-0.1, -0.05) is 0 Å². The smallest absolute Gasteiger partial charge is 0.274 e. The Morgan fingerprint density at radius 3 is 2.83 bits per heavy atom. The Morgan fingerprint density at radius 1 is 1.56 bits per heavy atom. The average molecular weight is 249 g/mol. The highest BCUT2D eigenvalue weighted by Gasteiger charge is 2.16. The molecule has 1 rings (SSSR count). The fourth-order valence-electron chi connectivity index (χ4n) is 1.30. The first-order chi connectivity index (χ1) is 8.62. The number of benzene rings is 1. The summed E-state index contributed by atoms with van der Waals surface area (Å²) in [5.74, 6) is 5.39. The van der Waals surface area contributed by atoms with E-state index in [1.54, 1.807) is 25.1 Å². The molecular formula is C12H15N3O3. The van der Waals surface area contributed by atoms with Gasteiger partial charge in [-0.3, -0.25) is 10.2 Å². The van der Waals surface area contributed by atoms with Gasteiger partial charge in [-0.05, 0) is 26.0 Å². The summed E-state index contributed by atoms with van der Waals surface area (Å²) < 4.78 is 10.8. The maximum absolute atomic E-state index is 11.3. The van der Waals surface area contributed by atoms with Gasteiger partial charge in [0.2, 0.25) is 0 Å². The highest BCUT2D eigenvalue weighted by atomic mass is 16.5. The monoisotopic (exact) mass is 249 g/mol. The van der Waals surface area contributed by atoms with Crippen molar-refractivity contribution in [2.75, 3.05) is 6.61 Å². The zero-order valence-corrected chi connectivity index (χ0v) is 10.3. The van der Waals surface area contributed by atoms with Gasteiger partial charge in [-0.15, -0.1) is 0 Å². The molecule has 0 saturated heterocycles. The minimum Gasteiger partial charge on any atom is -0.490 e. The zero-order valence-electron chi connectivity index (χ0n) is 10.3. The molecular weight excluding hydrogens is 234 g/mol. The number of rotatable bonds is 5. The molecule has 1 atom stereocenters. The van der Waals surface area contributed by atoms with Gasteiger partial charge in [0.1, 0.15) is 0 Å². The molecule has 1 unspecified atom stereocenters. The third-order valence-electron chi connectivity index (χ3n) is 2.19. The quantitative estimate of drug-likeness (QED) is 0.455. The second-order valence-electron chi connectivity index (χ2n) is 3.47. The Hall–Kier alpha value is -2.26. The summed E-state index contributed by atoms with van der Waals surface area (Å²) in [6.07, 6.45) is -0.748. The lowest BCUT2D eigenvalue weighted by Gasteiger charge is -2.16. The number of hydrogen-bond acceptors (Lipinski definition) is 5. The van der Waals surface area contributed by atoms with E-state index in [1.807, 2.05) is 18.4 Å². The molecule has 6 nitrogen and oxygen atoms in total. The van der Waals surface area contributed by atoms with Crippen LogP contribution < -0.4 is 20.7 Å². The standard InChI is InChI=1S/C12H15N3O3/c1-3-17-11-6-9(7-13)4-5-10(11)18-8(2)12(16)15-14/h4-6,8H,3,14H2,1-2H3,(H,15,16). The molecule has 0 radical (unpaired) electrons. The maximum atomic E-state index is 11.3. The van der Waals surface area contributed by atoms with E-state index in [0.29, 0.717) is 23.7 Å². The van der Waals surface area contributed by atoms with Crippen molar-refractivity contribution in [3.63, 3.8) is 0 Å². The third kappa shape index (κ3) is 3.37. The van der Waals surface area contributed by atoms with Crippen LogP contribution in [0.5, 0.6) is 11.5 Å². The number of amides is 1. The van der Waals surface area contributed by atoms with Crippen molar-refractivity contribution in [3.8, 4) is 17.6 Å². The van der Waals surface area contributed by atoms with Crippen LogP contribution in [0.25, 0.3) is 0 Å². The molecule has 96 valence electrons. The van der Waals surface area contributed by atoms with Crippen molar-refractivity contribution >= 4 is 5.91 Å². The summed E-state index contributed by atoms with van der Waals surface area (Å²) >= 11 is 0. The van der Waals surface area contributed by atoms with Crippen molar-refractivity contribution in [1.82, 2.24) is 5.43 Å². The van der Waals surface area contributed by atoms with Crippen molar-refractivity contribution in [1.29, 1.82) is 5.26 Å². The van der Waals surface area contributed by atoms with Crippen LogP contribution in [-0.2, 0) is 4.79 Å². The van der Waals surface area contributed by atoms with E-state index in [4.69, 9.17) is 20.6 Å². The molecule has 0 bridgehead atoms. The number of nitriles is 1. The molecule has 0 heterocycles. The Morgan fingerprint density at radius 2 is 2.28 bits per heavy atom. The van der Waals surface area contributed by atoms with Gasteiger partial charge in [-0.25, -0.2) is 5.84 Å². The number of nitrogens with one attached hydrogen (secondary N) is 1. The largest absolute Gasteiger partial charge is 0.490 e. The van der Waals surface area contributed by atoms with E-state index in [9.17, 15) is 4.79 Å². The van der Waals surface area contributed by atoms with Crippen molar-refractivity contribution < 1.29 is 14.3 Å². The van der Waals surface area contributed by atoms with E-state index in [-0.39, 0.29) is 0 Å². The molecule has 1 aromatic carbocycles. The van der Waals surface area contributed by atoms with Crippen LogP contribution in [0, 0.1) is 11.3 Å². The molecule has 0 aliphatic heterocycles. The number of ether oxygens (including phenoxy) is 2. The average Bonchev–Trinajstić information content (AvgIpc) is 2.39. The van der Waals surface area contributed by atoms with Crippen molar-refractivity contribution in [2.45, 2.75) is 20.0 Å².